The topological polar surface area (TPSA) is 68.1 Å². The van der Waals surface area contributed by atoms with Crippen LogP contribution < -0.4 is 14.8 Å². The summed E-state index contributed by atoms with van der Waals surface area (Å²) in [5, 5.41) is 5.55. The summed E-state index contributed by atoms with van der Waals surface area (Å²) in [6.07, 6.45) is 4.91. The van der Waals surface area contributed by atoms with Crippen molar-refractivity contribution in [1.82, 2.24) is 14.3 Å². The van der Waals surface area contributed by atoms with E-state index in [0.29, 0.717) is 41.1 Å². The van der Waals surface area contributed by atoms with Crippen molar-refractivity contribution in [2.45, 2.75) is 32.7 Å². The Morgan fingerprint density at radius 1 is 1.11 bits per heavy atom. The van der Waals surface area contributed by atoms with Gasteiger partial charge in [0.15, 0.2) is 22.2 Å². The van der Waals surface area contributed by atoms with Crippen LogP contribution in [0.4, 0.5) is 5.69 Å². The number of ether oxygens (including phenoxy) is 2. The Hall–Kier alpha value is -3.07. The summed E-state index contributed by atoms with van der Waals surface area (Å²) in [5.41, 5.74) is 2.62. The number of thiazole rings is 1. The molecule has 4 aromatic rings. The fourth-order valence-corrected chi connectivity index (χ4v) is 5.16. The number of nitrogens with zero attached hydrogens (tertiary/aromatic N) is 3. The van der Waals surface area contributed by atoms with Crippen LogP contribution in [0.15, 0.2) is 54.0 Å². The molecule has 1 amide bonds. The van der Waals surface area contributed by atoms with E-state index in [1.807, 2.05) is 42.8 Å². The van der Waals surface area contributed by atoms with Crippen LogP contribution in [0.3, 0.4) is 0 Å². The summed E-state index contributed by atoms with van der Waals surface area (Å²) < 4.78 is 14.3. The number of amides is 1. The average molecular weight is 511 g/mol. The highest BCUT2D eigenvalue weighted by molar-refractivity contribution is 7.15. The molecule has 0 saturated carbocycles. The van der Waals surface area contributed by atoms with E-state index in [2.05, 4.69) is 19.6 Å². The van der Waals surface area contributed by atoms with Gasteiger partial charge in [0.05, 0.1) is 30.2 Å². The number of benzene rings is 2. The first-order chi connectivity index (χ1) is 17.1. The summed E-state index contributed by atoms with van der Waals surface area (Å²) in [7, 11) is 0. The Bertz CT molecular complexity index is 1340. The monoisotopic (exact) mass is 510 g/mol. The molecule has 3 heterocycles. The van der Waals surface area contributed by atoms with E-state index < -0.39 is 0 Å². The van der Waals surface area contributed by atoms with Gasteiger partial charge in [0.1, 0.15) is 0 Å². The lowest BCUT2D eigenvalue weighted by Gasteiger charge is -2.22. The molecule has 0 atom stereocenters. The zero-order valence-corrected chi connectivity index (χ0v) is 21.1. The van der Waals surface area contributed by atoms with Crippen LogP contribution in [0.25, 0.3) is 4.96 Å². The maximum absolute atomic E-state index is 13.2. The molecule has 0 bridgehead atoms. The first-order valence-corrected chi connectivity index (χ1v) is 12.9. The second kappa shape index (κ2) is 10.7. The number of aryl methyl sites for hydroxylation is 1. The Kier molecular flexibility index (Phi) is 7.22. The van der Waals surface area contributed by atoms with E-state index in [0.717, 1.165) is 42.2 Å². The van der Waals surface area contributed by atoms with Crippen LogP contribution in [0.1, 0.15) is 30.7 Å². The summed E-state index contributed by atoms with van der Waals surface area (Å²) in [6, 6.07) is 12.8. The molecule has 35 heavy (non-hydrogen) atoms. The molecule has 5 rings (SSSR count). The predicted molar refractivity (Wildman–Crippen MR) is 139 cm³/mol. The number of imidazole rings is 1. The molecule has 7 nitrogen and oxygen atoms in total. The molecule has 0 radical (unpaired) electrons. The molecule has 0 spiro atoms. The number of para-hydroxylation sites is 2. The molecule has 0 unspecified atom stereocenters. The summed E-state index contributed by atoms with van der Waals surface area (Å²) in [5.74, 6) is 1.65. The average Bonchev–Trinajstić information content (AvgIpc) is 3.39. The molecule has 2 aromatic heterocycles. The van der Waals surface area contributed by atoms with Gasteiger partial charge >= 0.3 is 0 Å². The molecule has 182 valence electrons. The predicted octanol–water partition coefficient (Wildman–Crippen LogP) is 6.15. The number of hydrogen-bond donors (Lipinski definition) is 1. The largest absolute Gasteiger partial charge is 0.490 e. The molecule has 0 aliphatic carbocycles. The molecule has 1 aliphatic heterocycles. The van der Waals surface area contributed by atoms with E-state index in [1.54, 1.807) is 29.5 Å². The van der Waals surface area contributed by atoms with Crippen LogP contribution >= 0.6 is 22.9 Å². The first kappa shape index (κ1) is 23.7. The fourth-order valence-electron chi connectivity index (χ4n) is 4.21. The van der Waals surface area contributed by atoms with Crippen molar-refractivity contribution in [3.63, 3.8) is 0 Å². The van der Waals surface area contributed by atoms with Crippen LogP contribution in [0, 0.1) is 6.92 Å². The van der Waals surface area contributed by atoms with Gasteiger partial charge in [0.25, 0.3) is 0 Å². The van der Waals surface area contributed by atoms with Crippen LogP contribution in [-0.2, 0) is 11.3 Å². The standard InChI is InChI=1S/C26H27ClN4O3S/c1-18-21(31-12-14-35-26(31)28-18)16-30-11-5-2-6-13-33-23-7-3-4-8-24(23)34-22-10-9-19(27)15-20(22)29-25(32)17-30/h3-4,7-10,12,14-15H,2,5-6,11,13,16-17H2,1H3,(H,29,32). The summed E-state index contributed by atoms with van der Waals surface area (Å²) in [6.45, 7) is 4.29. The maximum atomic E-state index is 13.2. The summed E-state index contributed by atoms with van der Waals surface area (Å²) >= 11 is 7.87. The highest BCUT2D eigenvalue weighted by Crippen LogP contribution is 2.36. The van der Waals surface area contributed by atoms with Crippen molar-refractivity contribution in [3.8, 4) is 17.2 Å². The van der Waals surface area contributed by atoms with Gasteiger partial charge in [-0.3, -0.25) is 14.1 Å². The van der Waals surface area contributed by atoms with E-state index in [9.17, 15) is 4.79 Å². The van der Waals surface area contributed by atoms with Gasteiger partial charge in [0, 0.05) is 23.1 Å². The molecular weight excluding hydrogens is 484 g/mol. The molecule has 0 saturated heterocycles. The van der Waals surface area contributed by atoms with Gasteiger partial charge in [-0.2, -0.15) is 0 Å². The number of rotatable bonds is 2. The summed E-state index contributed by atoms with van der Waals surface area (Å²) in [4.78, 5) is 21.0. The number of carbonyl (C=O) groups is 1. The van der Waals surface area contributed by atoms with Crippen LogP contribution in [-0.4, -0.2) is 39.9 Å². The van der Waals surface area contributed by atoms with Crippen LogP contribution in [0.5, 0.6) is 17.2 Å². The minimum Gasteiger partial charge on any atom is -0.490 e. The van der Waals surface area contributed by atoms with Crippen molar-refractivity contribution in [3.05, 3.63) is 70.5 Å². The molecule has 1 N–H and O–H groups in total. The number of halogens is 1. The first-order valence-electron chi connectivity index (χ1n) is 11.7. The minimum atomic E-state index is -0.125. The third-order valence-corrected chi connectivity index (χ3v) is 6.95. The number of anilines is 1. The highest BCUT2D eigenvalue weighted by Gasteiger charge is 2.19. The Balaban J connectivity index is 1.41. The quantitative estimate of drug-likeness (QED) is 0.350. The maximum Gasteiger partial charge on any atom is 0.238 e. The zero-order chi connectivity index (χ0) is 24.2. The van der Waals surface area contributed by atoms with Crippen molar-refractivity contribution >= 4 is 39.5 Å². The number of carbonyl (C=O) groups excluding carboxylic acids is 1. The van der Waals surface area contributed by atoms with Gasteiger partial charge in [-0.25, -0.2) is 4.98 Å². The normalized spacial score (nSPS) is 15.8. The Morgan fingerprint density at radius 3 is 2.86 bits per heavy atom. The number of nitrogens with one attached hydrogen (secondary N) is 1. The van der Waals surface area contributed by atoms with Crippen molar-refractivity contribution < 1.29 is 14.3 Å². The van der Waals surface area contributed by atoms with Gasteiger partial charge in [-0.1, -0.05) is 23.7 Å². The van der Waals surface area contributed by atoms with E-state index in [-0.39, 0.29) is 12.5 Å². The van der Waals surface area contributed by atoms with E-state index in [4.69, 9.17) is 21.1 Å². The van der Waals surface area contributed by atoms with Gasteiger partial charge in [0.2, 0.25) is 5.91 Å². The highest BCUT2D eigenvalue weighted by atomic mass is 35.5. The SMILES string of the molecule is Cc1nc2sccn2c1CN1CCCCCOc2ccccc2Oc2ccc(Cl)cc2NC(=O)C1. The van der Waals surface area contributed by atoms with Crippen molar-refractivity contribution in [1.29, 1.82) is 0 Å². The van der Waals surface area contributed by atoms with Crippen molar-refractivity contribution in [2.75, 3.05) is 25.0 Å². The Labute approximate surface area is 213 Å². The third kappa shape index (κ3) is 5.61. The second-order valence-corrected chi connectivity index (χ2v) is 9.87. The molecule has 0 fully saturated rings. The number of hydrogen-bond acceptors (Lipinski definition) is 6. The van der Waals surface area contributed by atoms with Gasteiger partial charge in [-0.15, -0.1) is 11.3 Å². The molecule has 9 heteroatoms. The minimum absolute atomic E-state index is 0.125. The lowest BCUT2D eigenvalue weighted by atomic mass is 10.2. The van der Waals surface area contributed by atoms with E-state index >= 15 is 0 Å². The molecule has 1 aliphatic rings. The smallest absolute Gasteiger partial charge is 0.238 e. The number of fused-ring (bicyclic) bond motifs is 3. The van der Waals surface area contributed by atoms with Gasteiger partial charge < -0.3 is 14.8 Å². The lowest BCUT2D eigenvalue weighted by molar-refractivity contribution is -0.117. The van der Waals surface area contributed by atoms with E-state index in [1.165, 1.54) is 0 Å². The van der Waals surface area contributed by atoms with Gasteiger partial charge in [-0.05, 0) is 63.1 Å². The van der Waals surface area contributed by atoms with Crippen molar-refractivity contribution in [2.24, 2.45) is 0 Å². The zero-order valence-electron chi connectivity index (χ0n) is 19.5. The second-order valence-electron chi connectivity index (χ2n) is 8.56. The lowest BCUT2D eigenvalue weighted by Crippen LogP contribution is -2.34. The molecular formula is C26H27ClN4O3S. The third-order valence-electron chi connectivity index (χ3n) is 5.96. The van der Waals surface area contributed by atoms with Crippen LogP contribution in [0.2, 0.25) is 5.02 Å². The Morgan fingerprint density at radius 2 is 1.97 bits per heavy atom. The molecule has 2 aromatic carbocycles. The fraction of sp³-hybridized carbons (Fsp3) is 0.308. The number of aromatic nitrogens is 2.